The van der Waals surface area contributed by atoms with Crippen LogP contribution in [-0.4, -0.2) is 29.8 Å². The molecule has 24 heavy (non-hydrogen) atoms. The number of phenols is 2. The second-order valence-electron chi connectivity index (χ2n) is 4.80. The summed E-state index contributed by atoms with van der Waals surface area (Å²) in [5, 5.41) is 33.1. The van der Waals surface area contributed by atoms with Gasteiger partial charge in [0.25, 0.3) is 15.7 Å². The molecule has 0 aliphatic rings. The van der Waals surface area contributed by atoms with Gasteiger partial charge in [-0.05, 0) is 25.1 Å². The van der Waals surface area contributed by atoms with E-state index in [9.17, 15) is 23.6 Å². The zero-order valence-corrected chi connectivity index (χ0v) is 13.2. The van der Waals surface area contributed by atoms with E-state index in [4.69, 9.17) is 5.11 Å². The summed E-state index contributed by atoms with van der Waals surface area (Å²) in [6.07, 6.45) is 1.04. The molecule has 0 radical (unpaired) electrons. The van der Waals surface area contributed by atoms with Gasteiger partial charge < -0.3 is 10.2 Å². The lowest BCUT2D eigenvalue weighted by Gasteiger charge is -2.05. The lowest BCUT2D eigenvalue weighted by Crippen LogP contribution is -2.18. The number of benzene rings is 2. The fourth-order valence-corrected chi connectivity index (χ4v) is 2.62. The molecule has 0 aromatic heterocycles. The van der Waals surface area contributed by atoms with Gasteiger partial charge in [0, 0.05) is 23.3 Å². The lowest BCUT2D eigenvalue weighted by atomic mass is 10.2. The Balaban J connectivity index is 2.24. The molecule has 0 aliphatic carbocycles. The minimum Gasteiger partial charge on any atom is -0.508 e. The van der Waals surface area contributed by atoms with Crippen LogP contribution in [0.15, 0.2) is 46.4 Å². The Labute approximate surface area is 137 Å². The largest absolute Gasteiger partial charge is 0.508 e. The third-order valence-electron chi connectivity index (χ3n) is 3.08. The Bertz CT molecular complexity index is 924. The zero-order chi connectivity index (χ0) is 17.9. The molecule has 0 spiro atoms. The number of hydrogen-bond donors (Lipinski definition) is 3. The maximum absolute atomic E-state index is 12.1. The van der Waals surface area contributed by atoms with Gasteiger partial charge in [-0.2, -0.15) is 13.5 Å². The molecule has 0 unspecified atom stereocenters. The number of nitrogens with zero attached hydrogens (tertiary/aromatic N) is 2. The maximum Gasteiger partial charge on any atom is 0.276 e. The molecule has 9 nitrogen and oxygen atoms in total. The van der Waals surface area contributed by atoms with Crippen molar-refractivity contribution in [2.45, 2.75) is 11.8 Å². The van der Waals surface area contributed by atoms with E-state index in [1.807, 2.05) is 4.83 Å². The third-order valence-corrected chi connectivity index (χ3v) is 4.30. The number of sulfonamides is 1. The van der Waals surface area contributed by atoms with Crippen molar-refractivity contribution in [3.05, 3.63) is 57.6 Å². The van der Waals surface area contributed by atoms with Crippen LogP contribution >= 0.6 is 0 Å². The zero-order valence-electron chi connectivity index (χ0n) is 12.4. The van der Waals surface area contributed by atoms with E-state index in [0.717, 1.165) is 18.3 Å². The molecule has 3 N–H and O–H groups in total. The molecule has 0 atom stereocenters. The normalized spacial score (nSPS) is 11.5. The van der Waals surface area contributed by atoms with Gasteiger partial charge in [-0.1, -0.05) is 6.07 Å². The first-order valence-corrected chi connectivity index (χ1v) is 8.01. The van der Waals surface area contributed by atoms with Crippen LogP contribution in [-0.2, 0) is 10.0 Å². The van der Waals surface area contributed by atoms with E-state index < -0.39 is 14.9 Å². The first kappa shape index (κ1) is 17.2. The first-order chi connectivity index (χ1) is 11.2. The lowest BCUT2D eigenvalue weighted by molar-refractivity contribution is -0.385. The van der Waals surface area contributed by atoms with Gasteiger partial charge in [-0.15, -0.1) is 0 Å². The minimum atomic E-state index is -4.11. The molecule has 0 heterocycles. The van der Waals surface area contributed by atoms with Crippen LogP contribution in [0.5, 0.6) is 11.5 Å². The van der Waals surface area contributed by atoms with Crippen molar-refractivity contribution < 1.29 is 23.6 Å². The molecule has 10 heteroatoms. The SMILES string of the molecule is Cc1ccc(S(=O)(=O)NN=Cc2ccc(O)cc2O)cc1[N+](=O)[O-]. The van der Waals surface area contributed by atoms with Gasteiger partial charge in [0.15, 0.2) is 0 Å². The summed E-state index contributed by atoms with van der Waals surface area (Å²) < 4.78 is 24.2. The third kappa shape index (κ3) is 3.79. The monoisotopic (exact) mass is 351 g/mol. The van der Waals surface area contributed by atoms with E-state index in [1.54, 1.807) is 0 Å². The van der Waals surface area contributed by atoms with Gasteiger partial charge >= 0.3 is 0 Å². The second kappa shape index (κ2) is 6.54. The van der Waals surface area contributed by atoms with E-state index in [-0.39, 0.29) is 27.6 Å². The van der Waals surface area contributed by atoms with Crippen molar-refractivity contribution in [1.82, 2.24) is 4.83 Å². The number of hydrogen-bond acceptors (Lipinski definition) is 7. The molecular weight excluding hydrogens is 338 g/mol. The Morgan fingerprint density at radius 2 is 1.92 bits per heavy atom. The summed E-state index contributed by atoms with van der Waals surface area (Å²) in [6.45, 7) is 1.49. The first-order valence-electron chi connectivity index (χ1n) is 6.52. The maximum atomic E-state index is 12.1. The molecule has 0 saturated carbocycles. The predicted octanol–water partition coefficient (Wildman–Crippen LogP) is 1.63. The molecule has 0 fully saturated rings. The molecule has 0 bridgehead atoms. The highest BCUT2D eigenvalue weighted by atomic mass is 32.2. The van der Waals surface area contributed by atoms with E-state index in [1.165, 1.54) is 31.2 Å². The molecule has 2 aromatic carbocycles. The quantitative estimate of drug-likeness (QED) is 0.424. The average Bonchev–Trinajstić information content (AvgIpc) is 2.49. The van der Waals surface area contributed by atoms with Crippen molar-refractivity contribution in [2.75, 3.05) is 0 Å². The van der Waals surface area contributed by atoms with Crippen molar-refractivity contribution in [2.24, 2.45) is 5.10 Å². The number of nitro benzene ring substituents is 1. The van der Waals surface area contributed by atoms with Crippen LogP contribution in [0.3, 0.4) is 0 Å². The molecule has 126 valence electrons. The molecule has 0 saturated heterocycles. The summed E-state index contributed by atoms with van der Waals surface area (Å²) >= 11 is 0. The van der Waals surface area contributed by atoms with Crippen LogP contribution in [0, 0.1) is 17.0 Å². The summed E-state index contributed by atoms with van der Waals surface area (Å²) in [5.74, 6) is -0.443. The Hall–Kier alpha value is -3.14. The highest BCUT2D eigenvalue weighted by Gasteiger charge is 2.19. The summed E-state index contributed by atoms with van der Waals surface area (Å²) in [4.78, 5) is 11.8. The van der Waals surface area contributed by atoms with Gasteiger partial charge in [0.05, 0.1) is 16.0 Å². The van der Waals surface area contributed by atoms with Gasteiger partial charge in [0.2, 0.25) is 0 Å². The summed E-state index contributed by atoms with van der Waals surface area (Å²) in [6, 6.07) is 7.17. The van der Waals surface area contributed by atoms with Gasteiger partial charge in [-0.3, -0.25) is 10.1 Å². The predicted molar refractivity (Wildman–Crippen MR) is 85.5 cm³/mol. The number of phenolic OH excluding ortho intramolecular Hbond substituents is 2. The van der Waals surface area contributed by atoms with Crippen molar-refractivity contribution in [3.8, 4) is 11.5 Å². The fraction of sp³-hybridized carbons (Fsp3) is 0.0714. The van der Waals surface area contributed by atoms with Crippen LogP contribution in [0.2, 0.25) is 0 Å². The average molecular weight is 351 g/mol. The van der Waals surface area contributed by atoms with E-state index in [0.29, 0.717) is 5.56 Å². The van der Waals surface area contributed by atoms with Gasteiger partial charge in [-0.25, -0.2) is 4.83 Å². The van der Waals surface area contributed by atoms with Crippen LogP contribution in [0.25, 0.3) is 0 Å². The van der Waals surface area contributed by atoms with Gasteiger partial charge in [0.1, 0.15) is 11.5 Å². The summed E-state index contributed by atoms with van der Waals surface area (Å²) in [7, 11) is -4.11. The standard InChI is InChI=1S/C14H13N3O6S/c1-9-2-5-12(7-13(9)17(20)21)24(22,23)16-15-8-10-3-4-11(18)6-14(10)19/h2-8,16,18-19H,1H3. The fourth-order valence-electron chi connectivity index (χ4n) is 1.81. The van der Waals surface area contributed by atoms with Crippen molar-refractivity contribution >= 4 is 21.9 Å². The summed E-state index contributed by atoms with van der Waals surface area (Å²) in [5.41, 5.74) is 0.180. The smallest absolute Gasteiger partial charge is 0.276 e. The van der Waals surface area contributed by atoms with E-state index in [2.05, 4.69) is 5.10 Å². The number of aryl methyl sites for hydroxylation is 1. The Morgan fingerprint density at radius 1 is 1.21 bits per heavy atom. The van der Waals surface area contributed by atoms with Crippen molar-refractivity contribution in [3.63, 3.8) is 0 Å². The molecule has 0 amide bonds. The molecule has 0 aliphatic heterocycles. The number of nitro groups is 1. The molecular formula is C14H13N3O6S. The minimum absolute atomic E-state index is 0.155. The van der Waals surface area contributed by atoms with Crippen LogP contribution < -0.4 is 4.83 Å². The highest BCUT2D eigenvalue weighted by molar-refractivity contribution is 7.89. The number of rotatable bonds is 5. The Morgan fingerprint density at radius 3 is 2.54 bits per heavy atom. The van der Waals surface area contributed by atoms with Crippen LogP contribution in [0.4, 0.5) is 5.69 Å². The Kier molecular flexibility index (Phi) is 4.69. The molecule has 2 aromatic rings. The topological polar surface area (TPSA) is 142 Å². The number of hydrazone groups is 1. The van der Waals surface area contributed by atoms with Crippen molar-refractivity contribution in [1.29, 1.82) is 0 Å². The molecule has 2 rings (SSSR count). The van der Waals surface area contributed by atoms with Crippen LogP contribution in [0.1, 0.15) is 11.1 Å². The number of nitrogens with one attached hydrogen (secondary N) is 1. The second-order valence-corrected chi connectivity index (χ2v) is 6.46. The van der Waals surface area contributed by atoms with E-state index >= 15 is 0 Å². The number of aromatic hydroxyl groups is 2. The highest BCUT2D eigenvalue weighted by Crippen LogP contribution is 2.22.